The van der Waals surface area contributed by atoms with Gasteiger partial charge in [0.05, 0.1) is 25.5 Å². The zero-order valence-corrected chi connectivity index (χ0v) is 14.8. The van der Waals surface area contributed by atoms with Crippen LogP contribution in [-0.4, -0.2) is 47.5 Å². The largest absolute Gasteiger partial charge is 0.379 e. The molecule has 6 heteroatoms. The molecule has 1 aromatic heterocycles. The van der Waals surface area contributed by atoms with E-state index in [9.17, 15) is 4.79 Å². The maximum absolute atomic E-state index is 12.5. The van der Waals surface area contributed by atoms with Crippen LogP contribution in [0.15, 0.2) is 41.2 Å². The summed E-state index contributed by atoms with van der Waals surface area (Å²) in [4.78, 5) is 14.8. The van der Waals surface area contributed by atoms with E-state index >= 15 is 0 Å². The Labute approximate surface area is 148 Å². The van der Waals surface area contributed by atoms with Gasteiger partial charge in [0.25, 0.3) is 5.56 Å². The highest BCUT2D eigenvalue weighted by Crippen LogP contribution is 2.16. The zero-order chi connectivity index (χ0) is 16.1. The van der Waals surface area contributed by atoms with Gasteiger partial charge in [-0.15, -0.1) is 12.4 Å². The molecule has 1 aliphatic rings. The number of hydrogen-bond acceptors (Lipinski definition) is 4. The second kappa shape index (κ2) is 8.97. The molecule has 0 aliphatic carbocycles. The van der Waals surface area contributed by atoms with Crippen molar-refractivity contribution in [1.29, 1.82) is 0 Å². The van der Waals surface area contributed by atoms with Gasteiger partial charge in [-0.2, -0.15) is 5.10 Å². The fourth-order valence-corrected chi connectivity index (χ4v) is 2.81. The Kier molecular flexibility index (Phi) is 6.97. The molecule has 1 aromatic carbocycles. The predicted molar refractivity (Wildman–Crippen MR) is 97.8 cm³/mol. The molecule has 0 spiro atoms. The lowest BCUT2D eigenvalue weighted by atomic mass is 10.1. The number of aryl methyl sites for hydroxylation is 1. The summed E-state index contributed by atoms with van der Waals surface area (Å²) in [5.41, 5.74) is 2.76. The molecular formula is C18H24ClN3O2. The Balaban J connectivity index is 0.00000208. The molecule has 1 aliphatic heterocycles. The molecular weight excluding hydrogens is 326 g/mol. The van der Waals surface area contributed by atoms with E-state index in [0.29, 0.717) is 6.54 Å². The van der Waals surface area contributed by atoms with Crippen molar-refractivity contribution < 1.29 is 4.74 Å². The molecule has 0 amide bonds. The Morgan fingerprint density at radius 3 is 2.50 bits per heavy atom. The summed E-state index contributed by atoms with van der Waals surface area (Å²) in [6.45, 7) is 6.85. The van der Waals surface area contributed by atoms with Crippen molar-refractivity contribution >= 4 is 12.4 Å². The Hall–Kier alpha value is -1.69. The Morgan fingerprint density at radius 1 is 1.12 bits per heavy atom. The smallest absolute Gasteiger partial charge is 0.270 e. The van der Waals surface area contributed by atoms with Crippen LogP contribution in [0, 0.1) is 0 Å². The molecule has 1 fully saturated rings. The second-order valence-electron chi connectivity index (χ2n) is 5.76. The Bertz CT molecular complexity index is 697. The predicted octanol–water partition coefficient (Wildman–Crippen LogP) is 2.23. The van der Waals surface area contributed by atoms with Crippen molar-refractivity contribution in [2.24, 2.45) is 0 Å². The first-order chi connectivity index (χ1) is 11.3. The summed E-state index contributed by atoms with van der Waals surface area (Å²) >= 11 is 0. The van der Waals surface area contributed by atoms with Crippen LogP contribution in [0.2, 0.25) is 0 Å². The molecule has 3 rings (SSSR count). The van der Waals surface area contributed by atoms with Gasteiger partial charge in [-0.1, -0.05) is 37.3 Å². The van der Waals surface area contributed by atoms with Crippen molar-refractivity contribution in [2.75, 3.05) is 32.8 Å². The molecule has 24 heavy (non-hydrogen) atoms. The third kappa shape index (κ3) is 4.44. The first kappa shape index (κ1) is 18.6. The van der Waals surface area contributed by atoms with E-state index in [1.165, 1.54) is 0 Å². The fraction of sp³-hybridized carbons (Fsp3) is 0.444. The van der Waals surface area contributed by atoms with Crippen molar-refractivity contribution in [2.45, 2.75) is 19.9 Å². The normalized spacial score (nSPS) is 15.0. The van der Waals surface area contributed by atoms with E-state index in [1.807, 2.05) is 43.3 Å². The minimum atomic E-state index is 0. The average molecular weight is 350 g/mol. The number of aromatic nitrogens is 2. The summed E-state index contributed by atoms with van der Waals surface area (Å²) in [5.74, 6) is 0. The number of morpholine rings is 1. The van der Waals surface area contributed by atoms with Crippen LogP contribution in [-0.2, 0) is 17.7 Å². The average Bonchev–Trinajstić information content (AvgIpc) is 2.62. The van der Waals surface area contributed by atoms with E-state index in [4.69, 9.17) is 4.74 Å². The number of halogens is 1. The lowest BCUT2D eigenvalue weighted by Gasteiger charge is -2.26. The van der Waals surface area contributed by atoms with Gasteiger partial charge in [0.15, 0.2) is 0 Å². The van der Waals surface area contributed by atoms with Crippen LogP contribution in [0.25, 0.3) is 11.3 Å². The molecule has 0 bridgehead atoms. The van der Waals surface area contributed by atoms with E-state index < -0.39 is 0 Å². The van der Waals surface area contributed by atoms with Crippen LogP contribution >= 0.6 is 12.4 Å². The number of nitrogens with zero attached hydrogens (tertiary/aromatic N) is 3. The maximum atomic E-state index is 12.5. The third-order valence-corrected chi connectivity index (χ3v) is 4.23. The monoisotopic (exact) mass is 349 g/mol. The summed E-state index contributed by atoms with van der Waals surface area (Å²) in [5, 5.41) is 4.58. The van der Waals surface area contributed by atoms with Gasteiger partial charge in [-0.25, -0.2) is 4.68 Å². The molecule has 5 nitrogen and oxygen atoms in total. The molecule has 0 N–H and O–H groups in total. The number of hydrogen-bond donors (Lipinski definition) is 0. The van der Waals surface area contributed by atoms with Crippen molar-refractivity contribution in [3.05, 3.63) is 52.3 Å². The highest BCUT2D eigenvalue weighted by Gasteiger charge is 2.13. The SMILES string of the molecule is CCc1cc(-c2ccccc2)nn(CCN2CCOCC2)c1=O.Cl. The fourth-order valence-electron chi connectivity index (χ4n) is 2.81. The minimum Gasteiger partial charge on any atom is -0.379 e. The third-order valence-electron chi connectivity index (χ3n) is 4.23. The number of rotatable bonds is 5. The molecule has 0 radical (unpaired) electrons. The van der Waals surface area contributed by atoms with Crippen LogP contribution in [0.4, 0.5) is 0 Å². The highest BCUT2D eigenvalue weighted by atomic mass is 35.5. The van der Waals surface area contributed by atoms with Gasteiger partial charge in [0.1, 0.15) is 0 Å². The second-order valence-corrected chi connectivity index (χ2v) is 5.76. The van der Waals surface area contributed by atoms with Crippen LogP contribution in [0.5, 0.6) is 0 Å². The van der Waals surface area contributed by atoms with Gasteiger partial charge < -0.3 is 4.74 Å². The first-order valence-corrected chi connectivity index (χ1v) is 8.24. The molecule has 2 aromatic rings. The Morgan fingerprint density at radius 2 is 1.83 bits per heavy atom. The van der Waals surface area contributed by atoms with Crippen LogP contribution < -0.4 is 5.56 Å². The highest BCUT2D eigenvalue weighted by molar-refractivity contribution is 5.85. The lowest BCUT2D eigenvalue weighted by molar-refractivity contribution is 0.0358. The summed E-state index contributed by atoms with van der Waals surface area (Å²) in [6, 6.07) is 11.9. The number of benzene rings is 1. The van der Waals surface area contributed by atoms with E-state index in [-0.39, 0.29) is 18.0 Å². The standard InChI is InChI=1S/C18H23N3O2.ClH/c1-2-15-14-17(16-6-4-3-5-7-16)19-21(18(15)22)9-8-20-10-12-23-13-11-20;/h3-7,14H,2,8-13H2,1H3;1H. The first-order valence-electron chi connectivity index (χ1n) is 8.24. The van der Waals surface area contributed by atoms with Crippen LogP contribution in [0.1, 0.15) is 12.5 Å². The van der Waals surface area contributed by atoms with Gasteiger partial charge in [0.2, 0.25) is 0 Å². The zero-order valence-electron chi connectivity index (χ0n) is 14.0. The molecule has 2 heterocycles. The number of ether oxygens (including phenoxy) is 1. The molecule has 130 valence electrons. The molecule has 0 saturated carbocycles. The quantitative estimate of drug-likeness (QED) is 0.830. The van der Waals surface area contributed by atoms with E-state index in [0.717, 1.165) is 56.1 Å². The van der Waals surface area contributed by atoms with E-state index in [2.05, 4.69) is 10.00 Å². The van der Waals surface area contributed by atoms with Crippen molar-refractivity contribution in [1.82, 2.24) is 14.7 Å². The van der Waals surface area contributed by atoms with E-state index in [1.54, 1.807) is 4.68 Å². The topological polar surface area (TPSA) is 47.4 Å². The van der Waals surface area contributed by atoms with Gasteiger partial charge in [-0.3, -0.25) is 9.69 Å². The molecule has 0 unspecified atom stereocenters. The summed E-state index contributed by atoms with van der Waals surface area (Å²) < 4.78 is 6.98. The summed E-state index contributed by atoms with van der Waals surface area (Å²) in [7, 11) is 0. The van der Waals surface area contributed by atoms with Crippen molar-refractivity contribution in [3.63, 3.8) is 0 Å². The lowest BCUT2D eigenvalue weighted by Crippen LogP contribution is -2.40. The molecule has 0 atom stereocenters. The minimum absolute atomic E-state index is 0. The molecule has 1 saturated heterocycles. The van der Waals surface area contributed by atoms with Gasteiger partial charge in [0, 0.05) is 30.8 Å². The van der Waals surface area contributed by atoms with Crippen LogP contribution in [0.3, 0.4) is 0 Å². The maximum Gasteiger partial charge on any atom is 0.270 e. The summed E-state index contributed by atoms with van der Waals surface area (Å²) in [6.07, 6.45) is 0.721. The van der Waals surface area contributed by atoms with Gasteiger partial charge in [-0.05, 0) is 12.5 Å². The van der Waals surface area contributed by atoms with Gasteiger partial charge >= 0.3 is 0 Å². The van der Waals surface area contributed by atoms with Crippen molar-refractivity contribution in [3.8, 4) is 11.3 Å².